The molecule has 122 valence electrons. The number of hydrogen-bond donors (Lipinski definition) is 0. The minimum atomic E-state index is -2.91. The Hall–Kier alpha value is -0.920. The number of rotatable bonds is 4. The Morgan fingerprint density at radius 3 is 2.91 bits per heavy atom. The number of nitrogens with zero attached hydrogens (tertiary/aromatic N) is 2. The Kier molecular flexibility index (Phi) is 4.56. The van der Waals surface area contributed by atoms with Gasteiger partial charge in [0.25, 0.3) is 0 Å². The third-order valence-electron chi connectivity index (χ3n) is 4.66. The zero-order valence-corrected chi connectivity index (χ0v) is 14.4. The standard InChI is InChI=1S/C15H22N2O3S2/c1-16(12-6-9-22(19,20)11-12)10-15(18)17-7-2-4-13(17)14-5-3-8-21-14/h3,5,8,12-13H,2,4,6-7,9-11H2,1H3/t12-,13-/m1/s1. The number of likely N-dealkylation sites (N-methyl/N-ethyl adjacent to an activating group) is 1. The molecule has 0 aliphatic carbocycles. The average molecular weight is 342 g/mol. The second-order valence-corrected chi connectivity index (χ2v) is 9.44. The van der Waals surface area contributed by atoms with Crippen LogP contribution in [0.3, 0.4) is 0 Å². The summed E-state index contributed by atoms with van der Waals surface area (Å²) in [6.07, 6.45) is 2.70. The van der Waals surface area contributed by atoms with Crippen molar-refractivity contribution in [2.24, 2.45) is 0 Å². The van der Waals surface area contributed by atoms with E-state index in [0.29, 0.717) is 13.0 Å². The van der Waals surface area contributed by atoms with E-state index in [-0.39, 0.29) is 29.5 Å². The second-order valence-electron chi connectivity index (χ2n) is 6.23. The monoisotopic (exact) mass is 342 g/mol. The molecule has 0 unspecified atom stereocenters. The van der Waals surface area contributed by atoms with Crippen LogP contribution < -0.4 is 0 Å². The van der Waals surface area contributed by atoms with Crippen LogP contribution in [0.15, 0.2) is 17.5 Å². The summed E-state index contributed by atoms with van der Waals surface area (Å²) < 4.78 is 23.1. The molecule has 22 heavy (non-hydrogen) atoms. The summed E-state index contributed by atoms with van der Waals surface area (Å²) in [4.78, 5) is 17.7. The van der Waals surface area contributed by atoms with Crippen LogP contribution in [-0.4, -0.2) is 61.8 Å². The fourth-order valence-electron chi connectivity index (χ4n) is 3.40. The molecule has 0 radical (unpaired) electrons. The molecule has 2 aliphatic rings. The summed E-state index contributed by atoms with van der Waals surface area (Å²) in [5.74, 6) is 0.547. The summed E-state index contributed by atoms with van der Waals surface area (Å²) in [5.41, 5.74) is 0. The van der Waals surface area contributed by atoms with Crippen molar-refractivity contribution in [1.29, 1.82) is 0 Å². The molecule has 5 nitrogen and oxygen atoms in total. The van der Waals surface area contributed by atoms with Crippen LogP contribution in [0.4, 0.5) is 0 Å². The molecule has 3 heterocycles. The summed E-state index contributed by atoms with van der Waals surface area (Å²) in [5, 5.41) is 2.05. The molecule has 0 N–H and O–H groups in total. The van der Waals surface area contributed by atoms with Crippen molar-refractivity contribution in [1.82, 2.24) is 9.80 Å². The van der Waals surface area contributed by atoms with Crippen LogP contribution in [0, 0.1) is 0 Å². The number of carbonyl (C=O) groups excluding carboxylic acids is 1. The SMILES string of the molecule is CN(CC(=O)N1CCC[C@@H]1c1cccs1)[C@@H]1CCS(=O)(=O)C1. The Bertz CT molecular complexity index is 627. The van der Waals surface area contributed by atoms with E-state index in [4.69, 9.17) is 0 Å². The summed E-state index contributed by atoms with van der Waals surface area (Å²) >= 11 is 1.70. The predicted molar refractivity (Wildman–Crippen MR) is 87.7 cm³/mol. The molecule has 0 spiro atoms. The fraction of sp³-hybridized carbons (Fsp3) is 0.667. The Morgan fingerprint density at radius 2 is 2.27 bits per heavy atom. The van der Waals surface area contributed by atoms with E-state index in [9.17, 15) is 13.2 Å². The van der Waals surface area contributed by atoms with E-state index in [1.807, 2.05) is 28.3 Å². The summed E-state index contributed by atoms with van der Waals surface area (Å²) in [6, 6.07) is 4.30. The number of amides is 1. The van der Waals surface area contributed by atoms with Crippen LogP contribution in [0.25, 0.3) is 0 Å². The predicted octanol–water partition coefficient (Wildman–Crippen LogP) is 1.53. The van der Waals surface area contributed by atoms with Crippen molar-refractivity contribution in [3.8, 4) is 0 Å². The van der Waals surface area contributed by atoms with Crippen molar-refractivity contribution in [2.75, 3.05) is 31.6 Å². The highest BCUT2D eigenvalue weighted by molar-refractivity contribution is 7.91. The van der Waals surface area contributed by atoms with Gasteiger partial charge in [0, 0.05) is 17.5 Å². The maximum Gasteiger partial charge on any atom is 0.237 e. The van der Waals surface area contributed by atoms with Crippen LogP contribution in [0.2, 0.25) is 0 Å². The van der Waals surface area contributed by atoms with Crippen LogP contribution >= 0.6 is 11.3 Å². The van der Waals surface area contributed by atoms with E-state index >= 15 is 0 Å². The van der Waals surface area contributed by atoms with E-state index < -0.39 is 9.84 Å². The third-order valence-corrected chi connectivity index (χ3v) is 7.39. The highest BCUT2D eigenvalue weighted by atomic mass is 32.2. The average Bonchev–Trinajstić information content (AvgIpc) is 3.17. The maximum absolute atomic E-state index is 12.6. The van der Waals surface area contributed by atoms with Crippen molar-refractivity contribution >= 4 is 27.1 Å². The smallest absolute Gasteiger partial charge is 0.237 e. The Labute approximate surface area is 135 Å². The molecule has 2 saturated heterocycles. The number of thiophene rings is 1. The molecule has 1 amide bonds. The normalized spacial score (nSPS) is 27.6. The molecule has 1 aromatic rings. The van der Waals surface area contributed by atoms with Gasteiger partial charge in [0.1, 0.15) is 0 Å². The lowest BCUT2D eigenvalue weighted by Crippen LogP contribution is -2.42. The first kappa shape index (κ1) is 16.0. The van der Waals surface area contributed by atoms with Gasteiger partial charge in [0.05, 0.1) is 24.1 Å². The largest absolute Gasteiger partial charge is 0.334 e. The molecule has 2 aliphatic heterocycles. The van der Waals surface area contributed by atoms with Crippen LogP contribution in [0.5, 0.6) is 0 Å². The molecule has 7 heteroatoms. The number of hydrogen-bond acceptors (Lipinski definition) is 5. The first-order valence-electron chi connectivity index (χ1n) is 7.70. The summed E-state index contributed by atoms with van der Waals surface area (Å²) in [6.45, 7) is 1.11. The van der Waals surface area contributed by atoms with Crippen molar-refractivity contribution in [3.63, 3.8) is 0 Å². The molecule has 2 atom stereocenters. The molecule has 0 aromatic carbocycles. The van der Waals surface area contributed by atoms with E-state index in [2.05, 4.69) is 6.07 Å². The van der Waals surface area contributed by atoms with E-state index in [0.717, 1.165) is 19.4 Å². The highest BCUT2D eigenvalue weighted by Crippen LogP contribution is 2.34. The van der Waals surface area contributed by atoms with Gasteiger partial charge in [-0.05, 0) is 37.8 Å². The molecule has 2 fully saturated rings. The molecule has 3 rings (SSSR count). The van der Waals surface area contributed by atoms with Crippen molar-refractivity contribution < 1.29 is 13.2 Å². The summed E-state index contributed by atoms with van der Waals surface area (Å²) in [7, 11) is -1.05. The first-order chi connectivity index (χ1) is 10.5. The minimum Gasteiger partial charge on any atom is -0.334 e. The van der Waals surface area contributed by atoms with Gasteiger partial charge in [0.2, 0.25) is 5.91 Å². The lowest BCUT2D eigenvalue weighted by molar-refractivity contribution is -0.133. The van der Waals surface area contributed by atoms with Gasteiger partial charge in [0.15, 0.2) is 9.84 Å². The zero-order chi connectivity index (χ0) is 15.7. The van der Waals surface area contributed by atoms with Gasteiger partial charge < -0.3 is 4.90 Å². The van der Waals surface area contributed by atoms with Gasteiger partial charge in [-0.15, -0.1) is 11.3 Å². The van der Waals surface area contributed by atoms with Crippen LogP contribution in [-0.2, 0) is 14.6 Å². The highest BCUT2D eigenvalue weighted by Gasteiger charge is 2.34. The lowest BCUT2D eigenvalue weighted by atomic mass is 10.2. The zero-order valence-electron chi connectivity index (χ0n) is 12.8. The molecule has 1 aromatic heterocycles. The topological polar surface area (TPSA) is 57.7 Å². The first-order valence-corrected chi connectivity index (χ1v) is 10.4. The lowest BCUT2D eigenvalue weighted by Gasteiger charge is -2.28. The molecule has 0 saturated carbocycles. The Balaban J connectivity index is 1.62. The molecule has 0 bridgehead atoms. The maximum atomic E-state index is 12.6. The van der Waals surface area contributed by atoms with Crippen molar-refractivity contribution in [3.05, 3.63) is 22.4 Å². The quantitative estimate of drug-likeness (QED) is 0.833. The van der Waals surface area contributed by atoms with Gasteiger partial charge in [-0.2, -0.15) is 0 Å². The van der Waals surface area contributed by atoms with E-state index in [1.54, 1.807) is 11.3 Å². The molecular weight excluding hydrogens is 320 g/mol. The number of carbonyl (C=O) groups is 1. The Morgan fingerprint density at radius 1 is 1.45 bits per heavy atom. The number of likely N-dealkylation sites (tertiary alicyclic amines) is 1. The molecular formula is C15H22N2O3S2. The fourth-order valence-corrected chi connectivity index (χ4v) is 6.08. The van der Waals surface area contributed by atoms with Gasteiger partial charge in [-0.3, -0.25) is 9.69 Å². The number of sulfone groups is 1. The minimum absolute atomic E-state index is 0.0169. The van der Waals surface area contributed by atoms with Crippen LogP contribution in [0.1, 0.15) is 30.2 Å². The van der Waals surface area contributed by atoms with Crippen molar-refractivity contribution in [2.45, 2.75) is 31.3 Å². The van der Waals surface area contributed by atoms with Gasteiger partial charge >= 0.3 is 0 Å². The second kappa shape index (κ2) is 6.29. The van der Waals surface area contributed by atoms with E-state index in [1.165, 1.54) is 4.88 Å². The van der Waals surface area contributed by atoms with Gasteiger partial charge in [-0.1, -0.05) is 6.07 Å². The third kappa shape index (κ3) is 3.36. The van der Waals surface area contributed by atoms with Gasteiger partial charge in [-0.25, -0.2) is 8.42 Å².